The third-order valence-corrected chi connectivity index (χ3v) is 2.84. The van der Waals surface area contributed by atoms with Gasteiger partial charge in [-0.3, -0.25) is 4.79 Å². The summed E-state index contributed by atoms with van der Waals surface area (Å²) in [5.74, 6) is 0.234. The predicted molar refractivity (Wildman–Crippen MR) is 51.9 cm³/mol. The molecule has 1 aliphatic rings. The Balaban J connectivity index is 2.35. The van der Waals surface area contributed by atoms with Gasteiger partial charge in [0.15, 0.2) is 0 Å². The maximum Gasteiger partial charge on any atom is 0.238 e. The summed E-state index contributed by atoms with van der Waals surface area (Å²) in [6, 6.07) is 0. The minimum atomic E-state index is -0.385. The van der Waals surface area contributed by atoms with Crippen LogP contribution in [0, 0.1) is 5.92 Å². The highest BCUT2D eigenvalue weighted by atomic mass is 35.5. The number of carbonyl (C=O) groups excluding carboxylic acids is 1. The maximum absolute atomic E-state index is 11.4. The molecule has 0 aromatic carbocycles. The van der Waals surface area contributed by atoms with Gasteiger partial charge in [-0.2, -0.15) is 0 Å². The molecule has 0 aromatic rings. The second kappa shape index (κ2) is 5.45. The van der Waals surface area contributed by atoms with Crippen molar-refractivity contribution in [3.8, 4) is 0 Å². The van der Waals surface area contributed by atoms with Gasteiger partial charge in [-0.1, -0.05) is 0 Å². The lowest BCUT2D eigenvalue weighted by molar-refractivity contribution is -0.122. The summed E-state index contributed by atoms with van der Waals surface area (Å²) in [6.07, 6.45) is 1.79. The summed E-state index contributed by atoms with van der Waals surface area (Å²) in [5, 5.41) is 2.35. The van der Waals surface area contributed by atoms with Crippen molar-refractivity contribution in [3.63, 3.8) is 0 Å². The lowest BCUT2D eigenvalue weighted by Gasteiger charge is -2.25. The van der Waals surface area contributed by atoms with Gasteiger partial charge in [-0.05, 0) is 25.7 Å². The van der Waals surface area contributed by atoms with Crippen molar-refractivity contribution in [2.24, 2.45) is 5.92 Å². The number of ether oxygens (including phenoxy) is 1. The van der Waals surface area contributed by atoms with Gasteiger partial charge in [0.25, 0.3) is 0 Å². The van der Waals surface area contributed by atoms with E-state index in [0.29, 0.717) is 6.54 Å². The number of carbonyl (C=O) groups is 1. The third-order valence-electron chi connectivity index (χ3n) is 2.28. The average molecular weight is 206 g/mol. The highest BCUT2D eigenvalue weighted by Gasteiger charge is 2.27. The van der Waals surface area contributed by atoms with Gasteiger partial charge in [0.05, 0.1) is 0 Å². The maximum atomic E-state index is 11.4. The number of nitrogens with one attached hydrogen (secondary N) is 1. The molecular weight excluding hydrogens is 190 g/mol. The Labute approximate surface area is 83.8 Å². The molecule has 0 saturated carbocycles. The molecular formula is C9H16ClNO2. The molecule has 3 nitrogen and oxygen atoms in total. The summed E-state index contributed by atoms with van der Waals surface area (Å²) in [6.45, 7) is 4.00. The molecule has 0 bridgehead atoms. The van der Waals surface area contributed by atoms with E-state index in [2.05, 4.69) is 5.32 Å². The van der Waals surface area contributed by atoms with Gasteiger partial charge in [0, 0.05) is 19.8 Å². The second-order valence-electron chi connectivity index (χ2n) is 3.25. The molecule has 76 valence electrons. The van der Waals surface area contributed by atoms with Crippen molar-refractivity contribution >= 4 is 17.5 Å². The number of alkyl halides is 1. The Morgan fingerprint density at radius 2 is 2.23 bits per heavy atom. The minimum absolute atomic E-state index is 0.0453. The first-order chi connectivity index (χ1) is 6.25. The number of rotatable bonds is 3. The van der Waals surface area contributed by atoms with E-state index in [1.54, 1.807) is 0 Å². The zero-order valence-electron chi connectivity index (χ0n) is 7.88. The molecule has 1 unspecified atom stereocenters. The summed E-state index contributed by atoms with van der Waals surface area (Å²) in [7, 11) is 0. The number of halogens is 1. The Bertz CT molecular complexity index is 169. The zero-order chi connectivity index (χ0) is 9.68. The van der Waals surface area contributed by atoms with Crippen LogP contribution in [-0.4, -0.2) is 31.0 Å². The topological polar surface area (TPSA) is 38.3 Å². The molecule has 1 atom stereocenters. The summed E-state index contributed by atoms with van der Waals surface area (Å²) in [4.78, 5) is 11.4. The van der Waals surface area contributed by atoms with Gasteiger partial charge in [0.2, 0.25) is 5.91 Å². The molecule has 4 heteroatoms. The summed E-state index contributed by atoms with van der Waals surface area (Å²) < 4.78 is 5.20. The van der Waals surface area contributed by atoms with Crippen LogP contribution in [-0.2, 0) is 9.53 Å². The monoisotopic (exact) mass is 205 g/mol. The van der Waals surface area contributed by atoms with Gasteiger partial charge >= 0.3 is 0 Å². The fourth-order valence-electron chi connectivity index (χ4n) is 1.49. The normalized spacial score (nSPS) is 21.1. The first-order valence-corrected chi connectivity index (χ1v) is 5.19. The summed E-state index contributed by atoms with van der Waals surface area (Å²) >= 11 is 6.02. The van der Waals surface area contributed by atoms with E-state index in [-0.39, 0.29) is 17.2 Å². The Hall–Kier alpha value is -0.280. The predicted octanol–water partition coefficient (Wildman–Crippen LogP) is 1.16. The molecule has 1 N–H and O–H groups in total. The average Bonchev–Trinajstić information content (AvgIpc) is 2.18. The van der Waals surface area contributed by atoms with Gasteiger partial charge in [0.1, 0.15) is 5.38 Å². The molecule has 1 heterocycles. The van der Waals surface area contributed by atoms with E-state index in [4.69, 9.17) is 16.3 Å². The standard InChI is InChI=1S/C9H16ClNO2/c1-2-11-9(12)8(10)7-3-5-13-6-4-7/h7-8H,2-6H2,1H3,(H,11,12). The highest BCUT2D eigenvalue weighted by molar-refractivity contribution is 6.30. The summed E-state index contributed by atoms with van der Waals surface area (Å²) in [5.41, 5.74) is 0. The van der Waals surface area contributed by atoms with Crippen LogP contribution in [0.2, 0.25) is 0 Å². The van der Waals surface area contributed by atoms with Crippen LogP contribution in [0.15, 0.2) is 0 Å². The fraction of sp³-hybridized carbons (Fsp3) is 0.889. The first kappa shape index (κ1) is 10.8. The lowest BCUT2D eigenvalue weighted by Crippen LogP contribution is -2.37. The Kier molecular flexibility index (Phi) is 4.53. The van der Waals surface area contributed by atoms with Crippen molar-refractivity contribution in [3.05, 3.63) is 0 Å². The smallest absolute Gasteiger partial charge is 0.238 e. The van der Waals surface area contributed by atoms with Crippen LogP contribution in [0.25, 0.3) is 0 Å². The molecule has 1 fully saturated rings. The van der Waals surface area contributed by atoms with Crippen molar-refractivity contribution in [2.75, 3.05) is 19.8 Å². The molecule has 1 saturated heterocycles. The lowest BCUT2D eigenvalue weighted by atomic mass is 9.96. The molecule has 0 spiro atoms. The molecule has 0 radical (unpaired) electrons. The van der Waals surface area contributed by atoms with E-state index >= 15 is 0 Å². The Morgan fingerprint density at radius 3 is 2.77 bits per heavy atom. The molecule has 0 aliphatic carbocycles. The quantitative estimate of drug-likeness (QED) is 0.703. The van der Waals surface area contributed by atoms with Crippen molar-refractivity contribution < 1.29 is 9.53 Å². The van der Waals surface area contributed by atoms with Crippen LogP contribution in [0.1, 0.15) is 19.8 Å². The molecule has 1 rings (SSSR count). The van der Waals surface area contributed by atoms with Crippen molar-refractivity contribution in [2.45, 2.75) is 25.1 Å². The molecule has 1 amide bonds. The molecule has 13 heavy (non-hydrogen) atoms. The van der Waals surface area contributed by atoms with Crippen LogP contribution < -0.4 is 5.32 Å². The first-order valence-electron chi connectivity index (χ1n) is 4.75. The Morgan fingerprint density at radius 1 is 1.62 bits per heavy atom. The number of amides is 1. The number of hydrogen-bond acceptors (Lipinski definition) is 2. The minimum Gasteiger partial charge on any atom is -0.381 e. The van der Waals surface area contributed by atoms with Crippen LogP contribution >= 0.6 is 11.6 Å². The second-order valence-corrected chi connectivity index (χ2v) is 3.72. The molecule has 1 aliphatic heterocycles. The van der Waals surface area contributed by atoms with E-state index in [1.165, 1.54) is 0 Å². The van der Waals surface area contributed by atoms with E-state index in [9.17, 15) is 4.79 Å². The van der Waals surface area contributed by atoms with E-state index in [0.717, 1.165) is 26.1 Å². The van der Waals surface area contributed by atoms with Crippen LogP contribution in [0.4, 0.5) is 0 Å². The van der Waals surface area contributed by atoms with E-state index in [1.807, 2.05) is 6.92 Å². The highest BCUT2D eigenvalue weighted by Crippen LogP contribution is 2.22. The van der Waals surface area contributed by atoms with Crippen molar-refractivity contribution in [1.82, 2.24) is 5.32 Å². The van der Waals surface area contributed by atoms with Gasteiger partial charge < -0.3 is 10.1 Å². The van der Waals surface area contributed by atoms with Crippen molar-refractivity contribution in [1.29, 1.82) is 0 Å². The van der Waals surface area contributed by atoms with Gasteiger partial charge in [-0.25, -0.2) is 0 Å². The van der Waals surface area contributed by atoms with Crippen LogP contribution in [0.5, 0.6) is 0 Å². The third kappa shape index (κ3) is 3.16. The van der Waals surface area contributed by atoms with E-state index < -0.39 is 0 Å². The zero-order valence-corrected chi connectivity index (χ0v) is 8.64. The largest absolute Gasteiger partial charge is 0.381 e. The van der Waals surface area contributed by atoms with Gasteiger partial charge in [-0.15, -0.1) is 11.6 Å². The number of hydrogen-bond donors (Lipinski definition) is 1. The SMILES string of the molecule is CCNC(=O)C(Cl)C1CCOCC1. The van der Waals surface area contributed by atoms with Crippen LogP contribution in [0.3, 0.4) is 0 Å². The fourth-order valence-corrected chi connectivity index (χ4v) is 1.82. The molecule has 0 aromatic heterocycles.